The van der Waals surface area contributed by atoms with Crippen molar-refractivity contribution in [3.63, 3.8) is 0 Å². The zero-order valence-corrected chi connectivity index (χ0v) is 23.2. The van der Waals surface area contributed by atoms with Gasteiger partial charge in [-0.15, -0.1) is 0 Å². The van der Waals surface area contributed by atoms with E-state index in [-0.39, 0.29) is 31.3 Å². The van der Waals surface area contributed by atoms with Gasteiger partial charge < -0.3 is 10.2 Å². The van der Waals surface area contributed by atoms with E-state index in [2.05, 4.69) is 5.32 Å². The van der Waals surface area contributed by atoms with Gasteiger partial charge in [0.2, 0.25) is 21.8 Å². The number of halogens is 1. The predicted octanol–water partition coefficient (Wildman–Crippen LogP) is 4.92. The van der Waals surface area contributed by atoms with Crippen molar-refractivity contribution in [1.29, 1.82) is 0 Å². The summed E-state index contributed by atoms with van der Waals surface area (Å²) in [4.78, 5) is 28.0. The molecule has 2 aromatic carbocycles. The Bertz CT molecular complexity index is 1110. The number of carbonyl (C=O) groups excluding carboxylic acids is 2. The van der Waals surface area contributed by atoms with Crippen molar-refractivity contribution in [2.75, 3.05) is 23.7 Å². The quantitative estimate of drug-likeness (QED) is 0.348. The van der Waals surface area contributed by atoms with Crippen molar-refractivity contribution in [1.82, 2.24) is 10.2 Å². The number of unbranched alkanes of at least 4 members (excludes halogenated alkanes) is 1. The van der Waals surface area contributed by atoms with Gasteiger partial charge >= 0.3 is 0 Å². The van der Waals surface area contributed by atoms with Crippen molar-refractivity contribution in [2.45, 2.75) is 65.5 Å². The maximum atomic E-state index is 13.4. The summed E-state index contributed by atoms with van der Waals surface area (Å²) in [6, 6.07) is 13.8. The molecule has 2 amide bonds. The number of amides is 2. The molecule has 7 nitrogen and oxygen atoms in total. The van der Waals surface area contributed by atoms with Crippen LogP contribution in [-0.4, -0.2) is 50.5 Å². The summed E-state index contributed by atoms with van der Waals surface area (Å²) in [5, 5.41) is 3.46. The third kappa shape index (κ3) is 8.82. The lowest BCUT2D eigenvalue weighted by Crippen LogP contribution is -2.49. The Morgan fingerprint density at radius 2 is 1.69 bits per heavy atom. The summed E-state index contributed by atoms with van der Waals surface area (Å²) in [5.41, 5.74) is 2.34. The molecule has 0 aliphatic heterocycles. The molecule has 0 radical (unpaired) electrons. The topological polar surface area (TPSA) is 86.8 Å². The van der Waals surface area contributed by atoms with Crippen LogP contribution in [0.25, 0.3) is 0 Å². The van der Waals surface area contributed by atoms with Crippen LogP contribution in [0.2, 0.25) is 5.02 Å². The van der Waals surface area contributed by atoms with Gasteiger partial charge in [0.25, 0.3) is 0 Å². The lowest BCUT2D eigenvalue weighted by molar-refractivity contribution is -0.141. The summed E-state index contributed by atoms with van der Waals surface area (Å²) in [5.74, 6) is -0.409. The van der Waals surface area contributed by atoms with Crippen molar-refractivity contribution in [3.05, 3.63) is 64.7 Å². The second-order valence-electron chi connectivity index (χ2n) is 8.96. The zero-order valence-electron chi connectivity index (χ0n) is 21.7. The summed E-state index contributed by atoms with van der Waals surface area (Å²) in [6.45, 7) is 6.77. The van der Waals surface area contributed by atoms with E-state index in [4.69, 9.17) is 11.6 Å². The van der Waals surface area contributed by atoms with Crippen LogP contribution >= 0.6 is 11.6 Å². The standard InChI is InChI=1S/C27H38ClN3O4S/c1-5-7-18-29-27(33)25(6-2)30(20-22-11-8-9-12-24(22)28)26(32)13-10-19-31(36(4,34)35)23-16-14-21(3)15-17-23/h8-9,11-12,14-17,25H,5-7,10,13,18-20H2,1-4H3,(H,29,33)/t25-/m0/s1. The summed E-state index contributed by atoms with van der Waals surface area (Å²) in [7, 11) is -3.52. The van der Waals surface area contributed by atoms with Crippen molar-refractivity contribution < 1.29 is 18.0 Å². The van der Waals surface area contributed by atoms with Gasteiger partial charge in [0.1, 0.15) is 6.04 Å². The van der Waals surface area contributed by atoms with Crippen LogP contribution in [0.1, 0.15) is 57.1 Å². The van der Waals surface area contributed by atoms with E-state index in [0.29, 0.717) is 30.1 Å². The number of nitrogens with zero attached hydrogens (tertiary/aromatic N) is 2. The Hall–Kier alpha value is -2.58. The average Bonchev–Trinajstić information content (AvgIpc) is 2.83. The first kappa shape index (κ1) is 29.6. The number of anilines is 1. The van der Waals surface area contributed by atoms with E-state index < -0.39 is 16.1 Å². The molecule has 0 bridgehead atoms. The van der Waals surface area contributed by atoms with E-state index in [1.54, 1.807) is 23.1 Å². The first-order chi connectivity index (χ1) is 17.1. The maximum Gasteiger partial charge on any atom is 0.242 e. The second-order valence-corrected chi connectivity index (χ2v) is 11.3. The zero-order chi connectivity index (χ0) is 26.7. The van der Waals surface area contributed by atoms with Gasteiger partial charge in [0.05, 0.1) is 11.9 Å². The summed E-state index contributed by atoms with van der Waals surface area (Å²) >= 11 is 6.37. The number of hydrogen-bond acceptors (Lipinski definition) is 4. The van der Waals surface area contributed by atoms with Crippen LogP contribution in [0.5, 0.6) is 0 Å². The SMILES string of the molecule is CCCCNC(=O)[C@H](CC)N(Cc1ccccc1Cl)C(=O)CCCN(c1ccc(C)cc1)S(C)(=O)=O. The lowest BCUT2D eigenvalue weighted by atomic mass is 10.1. The number of nitrogens with one attached hydrogen (secondary N) is 1. The fourth-order valence-corrected chi connectivity index (χ4v) is 5.11. The molecule has 0 fully saturated rings. The number of hydrogen-bond donors (Lipinski definition) is 1. The molecule has 0 unspecified atom stereocenters. The van der Waals surface area contributed by atoms with Crippen molar-refractivity contribution >= 4 is 39.1 Å². The molecule has 198 valence electrons. The molecule has 0 saturated heterocycles. The Labute approximate surface area is 220 Å². The lowest BCUT2D eigenvalue weighted by Gasteiger charge is -2.31. The normalized spacial score (nSPS) is 12.1. The maximum absolute atomic E-state index is 13.4. The van der Waals surface area contributed by atoms with Gasteiger partial charge in [0, 0.05) is 31.1 Å². The molecule has 0 aromatic heterocycles. The first-order valence-electron chi connectivity index (χ1n) is 12.4. The highest BCUT2D eigenvalue weighted by Gasteiger charge is 2.29. The molecule has 1 N–H and O–H groups in total. The monoisotopic (exact) mass is 535 g/mol. The third-order valence-electron chi connectivity index (χ3n) is 5.99. The first-order valence-corrected chi connectivity index (χ1v) is 14.7. The Kier molecular flexibility index (Phi) is 11.7. The number of aryl methyl sites for hydroxylation is 1. The van der Waals surface area contributed by atoms with E-state index in [0.717, 1.165) is 30.2 Å². The van der Waals surface area contributed by atoms with Crippen LogP contribution < -0.4 is 9.62 Å². The molecule has 0 spiro atoms. The number of rotatable bonds is 14. The Balaban J connectivity index is 2.20. The van der Waals surface area contributed by atoms with Crippen molar-refractivity contribution in [3.8, 4) is 0 Å². The molecular weight excluding hydrogens is 498 g/mol. The fraction of sp³-hybridized carbons (Fsp3) is 0.481. The highest BCUT2D eigenvalue weighted by atomic mass is 35.5. The van der Waals surface area contributed by atoms with E-state index >= 15 is 0 Å². The molecule has 0 aliphatic rings. The number of carbonyl (C=O) groups is 2. The van der Waals surface area contributed by atoms with Crippen LogP contribution in [0.15, 0.2) is 48.5 Å². The largest absolute Gasteiger partial charge is 0.354 e. The molecule has 0 saturated carbocycles. The average molecular weight is 536 g/mol. The van der Waals surface area contributed by atoms with E-state index in [1.807, 2.05) is 51.1 Å². The molecule has 0 heterocycles. The molecule has 1 atom stereocenters. The molecule has 2 rings (SSSR count). The predicted molar refractivity (Wildman–Crippen MR) is 147 cm³/mol. The minimum absolute atomic E-state index is 0.0983. The van der Waals surface area contributed by atoms with E-state index in [9.17, 15) is 18.0 Å². The van der Waals surface area contributed by atoms with Crippen LogP contribution in [0, 0.1) is 6.92 Å². The molecular formula is C27H38ClN3O4S. The fourth-order valence-electron chi connectivity index (χ4n) is 3.95. The van der Waals surface area contributed by atoms with Crippen LogP contribution in [-0.2, 0) is 26.2 Å². The van der Waals surface area contributed by atoms with Gasteiger partial charge in [-0.1, -0.05) is 67.8 Å². The van der Waals surface area contributed by atoms with Gasteiger partial charge in [-0.3, -0.25) is 13.9 Å². The minimum atomic E-state index is -3.52. The Morgan fingerprint density at radius 3 is 2.28 bits per heavy atom. The van der Waals surface area contributed by atoms with Crippen molar-refractivity contribution in [2.24, 2.45) is 0 Å². The minimum Gasteiger partial charge on any atom is -0.354 e. The molecule has 2 aromatic rings. The second kappa shape index (κ2) is 14.2. The number of benzene rings is 2. The molecule has 9 heteroatoms. The molecule has 0 aliphatic carbocycles. The smallest absolute Gasteiger partial charge is 0.242 e. The van der Waals surface area contributed by atoms with Crippen LogP contribution in [0.4, 0.5) is 5.69 Å². The summed E-state index contributed by atoms with van der Waals surface area (Å²) < 4.78 is 26.2. The number of sulfonamides is 1. The van der Waals surface area contributed by atoms with Crippen LogP contribution in [0.3, 0.4) is 0 Å². The Morgan fingerprint density at radius 1 is 1.03 bits per heavy atom. The van der Waals surface area contributed by atoms with Gasteiger partial charge in [-0.05, 0) is 49.9 Å². The molecule has 36 heavy (non-hydrogen) atoms. The highest BCUT2D eigenvalue weighted by Crippen LogP contribution is 2.22. The van der Waals surface area contributed by atoms with Gasteiger partial charge in [-0.25, -0.2) is 8.42 Å². The van der Waals surface area contributed by atoms with Gasteiger partial charge in [-0.2, -0.15) is 0 Å². The highest BCUT2D eigenvalue weighted by molar-refractivity contribution is 7.92. The van der Waals surface area contributed by atoms with E-state index in [1.165, 1.54) is 4.31 Å². The van der Waals surface area contributed by atoms with Gasteiger partial charge in [0.15, 0.2) is 0 Å². The third-order valence-corrected chi connectivity index (χ3v) is 7.55. The summed E-state index contributed by atoms with van der Waals surface area (Å²) in [6.07, 6.45) is 3.84.